The van der Waals surface area contributed by atoms with Gasteiger partial charge in [-0.2, -0.15) is 0 Å². The van der Waals surface area contributed by atoms with Crippen molar-refractivity contribution < 1.29 is 4.39 Å². The highest BCUT2D eigenvalue weighted by Crippen LogP contribution is 2.21. The van der Waals surface area contributed by atoms with E-state index in [1.54, 1.807) is 12.1 Å². The largest absolute Gasteiger partial charge is 0.248 e. The molecule has 0 heterocycles. The van der Waals surface area contributed by atoms with Crippen LogP contribution in [0.2, 0.25) is 5.02 Å². The summed E-state index contributed by atoms with van der Waals surface area (Å²) in [5.74, 6) is -0.235. The summed E-state index contributed by atoms with van der Waals surface area (Å²) in [5.41, 5.74) is 3.89. The third-order valence-corrected chi connectivity index (χ3v) is 4.74. The molecule has 0 amide bonds. The van der Waals surface area contributed by atoms with Crippen LogP contribution >= 0.6 is 23.4 Å². The third-order valence-electron chi connectivity index (χ3n) is 3.67. The van der Waals surface area contributed by atoms with E-state index < -0.39 is 0 Å². The van der Waals surface area contributed by atoms with E-state index in [2.05, 4.69) is 0 Å². The zero-order valence-corrected chi connectivity index (χ0v) is 15.8. The van der Waals surface area contributed by atoms with Crippen LogP contribution in [0.1, 0.15) is 11.1 Å². The summed E-state index contributed by atoms with van der Waals surface area (Å²) >= 11 is 7.51. The summed E-state index contributed by atoms with van der Waals surface area (Å²) < 4.78 is 13.0. The highest BCUT2D eigenvalue weighted by molar-refractivity contribution is 8.02. The second kappa shape index (κ2) is 8.84. The molecule has 0 spiro atoms. The highest BCUT2D eigenvalue weighted by Gasteiger charge is 2.02. The van der Waals surface area contributed by atoms with Crippen LogP contribution in [0.4, 0.5) is 10.1 Å². The number of nitrogens with zero attached hydrogens (tertiary/aromatic N) is 1. The van der Waals surface area contributed by atoms with Crippen LogP contribution in [0.5, 0.6) is 0 Å². The molecule has 0 radical (unpaired) electrons. The average molecular weight is 382 g/mol. The SMILES string of the molecule is Cc1ccc(/N=C(/C=C/Sc2ccc(F)cc2)c2ccc(Cl)cc2)cc1. The second-order valence-electron chi connectivity index (χ2n) is 5.71. The first kappa shape index (κ1) is 18.4. The monoisotopic (exact) mass is 381 g/mol. The van der Waals surface area contributed by atoms with Gasteiger partial charge in [-0.15, -0.1) is 0 Å². The number of rotatable bonds is 5. The molecule has 1 nitrogen and oxygen atoms in total. The quantitative estimate of drug-likeness (QED) is 0.336. The predicted molar refractivity (Wildman–Crippen MR) is 110 cm³/mol. The van der Waals surface area contributed by atoms with Crippen molar-refractivity contribution in [2.75, 3.05) is 0 Å². The first-order chi connectivity index (χ1) is 12.6. The molecule has 0 aliphatic rings. The van der Waals surface area contributed by atoms with E-state index in [1.165, 1.54) is 29.5 Å². The minimum Gasteiger partial charge on any atom is -0.248 e. The molecule has 0 N–H and O–H groups in total. The Balaban J connectivity index is 1.87. The molecule has 3 aromatic rings. The van der Waals surface area contributed by atoms with Gasteiger partial charge < -0.3 is 0 Å². The molecule has 0 aromatic heterocycles. The Morgan fingerprint density at radius 3 is 2.23 bits per heavy atom. The molecular weight excluding hydrogens is 365 g/mol. The molecule has 0 saturated carbocycles. The Hall–Kier alpha value is -2.36. The zero-order valence-electron chi connectivity index (χ0n) is 14.2. The average Bonchev–Trinajstić information content (AvgIpc) is 2.65. The molecule has 130 valence electrons. The van der Waals surface area contributed by atoms with Crippen LogP contribution in [0, 0.1) is 12.7 Å². The number of allylic oxidation sites excluding steroid dienone is 1. The van der Waals surface area contributed by atoms with E-state index in [-0.39, 0.29) is 5.82 Å². The molecule has 0 atom stereocenters. The number of hydrogen-bond donors (Lipinski definition) is 0. The van der Waals surface area contributed by atoms with Crippen LogP contribution in [0.25, 0.3) is 0 Å². The number of thioether (sulfide) groups is 1. The summed E-state index contributed by atoms with van der Waals surface area (Å²) in [6, 6.07) is 22.1. The Morgan fingerprint density at radius 1 is 0.923 bits per heavy atom. The van der Waals surface area contributed by atoms with E-state index in [1.807, 2.05) is 66.9 Å². The Bertz CT molecular complexity index is 914. The summed E-state index contributed by atoms with van der Waals surface area (Å²) in [6.45, 7) is 2.05. The smallest absolute Gasteiger partial charge is 0.123 e. The number of aryl methyl sites for hydroxylation is 1. The number of halogens is 2. The van der Waals surface area contributed by atoms with Crippen molar-refractivity contribution in [3.63, 3.8) is 0 Å². The predicted octanol–water partition coefficient (Wildman–Crippen LogP) is 7.21. The lowest BCUT2D eigenvalue weighted by Crippen LogP contribution is -1.95. The van der Waals surface area contributed by atoms with Gasteiger partial charge >= 0.3 is 0 Å². The molecule has 26 heavy (non-hydrogen) atoms. The van der Waals surface area contributed by atoms with Crippen molar-refractivity contribution in [3.8, 4) is 0 Å². The van der Waals surface area contributed by atoms with Crippen LogP contribution in [-0.4, -0.2) is 5.71 Å². The van der Waals surface area contributed by atoms with Gasteiger partial charge in [-0.1, -0.05) is 53.2 Å². The van der Waals surface area contributed by atoms with Crippen molar-refractivity contribution in [2.24, 2.45) is 4.99 Å². The van der Waals surface area contributed by atoms with Gasteiger partial charge in [0.2, 0.25) is 0 Å². The van der Waals surface area contributed by atoms with E-state index >= 15 is 0 Å². The Labute approximate surface area is 162 Å². The van der Waals surface area contributed by atoms with Crippen molar-refractivity contribution in [1.82, 2.24) is 0 Å². The van der Waals surface area contributed by atoms with Crippen LogP contribution < -0.4 is 0 Å². The summed E-state index contributed by atoms with van der Waals surface area (Å²) in [5, 5.41) is 2.64. The zero-order chi connectivity index (χ0) is 18.4. The fourth-order valence-electron chi connectivity index (χ4n) is 2.27. The Kier molecular flexibility index (Phi) is 6.26. The number of aliphatic imine (C=N–C) groups is 1. The van der Waals surface area contributed by atoms with E-state index in [4.69, 9.17) is 16.6 Å². The highest BCUT2D eigenvalue weighted by atomic mass is 35.5. The lowest BCUT2D eigenvalue weighted by Gasteiger charge is -2.04. The van der Waals surface area contributed by atoms with Crippen molar-refractivity contribution in [2.45, 2.75) is 11.8 Å². The Morgan fingerprint density at radius 2 is 1.58 bits per heavy atom. The third kappa shape index (κ3) is 5.32. The van der Waals surface area contributed by atoms with Crippen molar-refractivity contribution in [1.29, 1.82) is 0 Å². The van der Waals surface area contributed by atoms with E-state index in [9.17, 15) is 4.39 Å². The molecule has 3 aromatic carbocycles. The summed E-state index contributed by atoms with van der Waals surface area (Å²) in [6.07, 6.45) is 1.96. The molecule has 0 unspecified atom stereocenters. The standard InChI is InChI=1S/C22H17ClFNS/c1-16-2-10-20(11-3-16)25-22(17-4-6-18(23)7-5-17)14-15-26-21-12-8-19(24)9-13-21/h2-15H,1H3/b15-14+,25-22-. The molecule has 0 fully saturated rings. The van der Waals surface area contributed by atoms with Crippen LogP contribution in [0.15, 0.2) is 94.2 Å². The summed E-state index contributed by atoms with van der Waals surface area (Å²) in [7, 11) is 0. The fraction of sp³-hybridized carbons (Fsp3) is 0.0455. The molecule has 0 aliphatic heterocycles. The van der Waals surface area contributed by atoms with E-state index in [0.717, 1.165) is 21.9 Å². The van der Waals surface area contributed by atoms with Gasteiger partial charge in [-0.25, -0.2) is 9.38 Å². The van der Waals surface area contributed by atoms with Crippen LogP contribution in [-0.2, 0) is 0 Å². The molecule has 0 aliphatic carbocycles. The van der Waals surface area contributed by atoms with Gasteiger partial charge in [0, 0.05) is 15.5 Å². The maximum absolute atomic E-state index is 13.0. The summed E-state index contributed by atoms with van der Waals surface area (Å²) in [4.78, 5) is 5.72. The normalized spacial score (nSPS) is 11.9. The molecule has 0 bridgehead atoms. The lowest BCUT2D eigenvalue weighted by atomic mass is 10.1. The van der Waals surface area contributed by atoms with Gasteiger partial charge in [0.15, 0.2) is 0 Å². The van der Waals surface area contributed by atoms with Gasteiger partial charge in [-0.3, -0.25) is 0 Å². The van der Waals surface area contributed by atoms with Crippen LogP contribution in [0.3, 0.4) is 0 Å². The first-order valence-corrected chi connectivity index (χ1v) is 9.36. The molecular formula is C22H17ClFNS. The van der Waals surface area contributed by atoms with Gasteiger partial charge in [0.25, 0.3) is 0 Å². The van der Waals surface area contributed by atoms with E-state index in [0.29, 0.717) is 5.02 Å². The maximum atomic E-state index is 13.0. The van der Waals surface area contributed by atoms with Gasteiger partial charge in [-0.05, 0) is 66.9 Å². The van der Waals surface area contributed by atoms with Crippen molar-refractivity contribution in [3.05, 3.63) is 106 Å². The fourth-order valence-corrected chi connectivity index (χ4v) is 3.04. The lowest BCUT2D eigenvalue weighted by molar-refractivity contribution is 0.626. The first-order valence-electron chi connectivity index (χ1n) is 8.10. The minimum atomic E-state index is -0.235. The number of hydrogen-bond acceptors (Lipinski definition) is 2. The minimum absolute atomic E-state index is 0.235. The molecule has 0 saturated heterocycles. The van der Waals surface area contributed by atoms with Crippen molar-refractivity contribution >= 4 is 34.8 Å². The number of benzene rings is 3. The second-order valence-corrected chi connectivity index (χ2v) is 7.13. The maximum Gasteiger partial charge on any atom is 0.123 e. The van der Waals surface area contributed by atoms with Gasteiger partial charge in [0.1, 0.15) is 5.82 Å². The topological polar surface area (TPSA) is 12.4 Å². The van der Waals surface area contributed by atoms with Gasteiger partial charge in [0.05, 0.1) is 11.4 Å². The molecule has 4 heteroatoms. The molecule has 3 rings (SSSR count).